The van der Waals surface area contributed by atoms with Crippen LogP contribution in [-0.4, -0.2) is 21.9 Å². The second-order valence-electron chi connectivity index (χ2n) is 6.17. The minimum Gasteiger partial charge on any atom is -0.337 e. The van der Waals surface area contributed by atoms with Gasteiger partial charge < -0.3 is 9.47 Å². The molecule has 0 aliphatic carbocycles. The fraction of sp³-hybridized carbons (Fsp3) is 0.190. The number of likely N-dealkylation sites (N-methyl/N-ethyl adjacent to an activating group) is 1. The van der Waals surface area contributed by atoms with Crippen molar-refractivity contribution >= 4 is 16.8 Å². The number of nitrogens with zero attached hydrogens (tertiary/aromatic N) is 3. The van der Waals surface area contributed by atoms with Crippen LogP contribution in [-0.2, 0) is 17.9 Å². The lowest BCUT2D eigenvalue weighted by Crippen LogP contribution is -2.33. The standard InChI is InChI=1S/C21H18FN3O2/c1-2-24(12-15-6-5-7-17(22)10-15)20(26)14-25-13-16(11-23)21(27)18-8-3-4-9-19(18)25/h3-10,13H,2,12,14H2,1H3. The maximum atomic E-state index is 13.4. The molecule has 5 nitrogen and oxygen atoms in total. The van der Waals surface area contributed by atoms with Crippen LogP contribution in [0.5, 0.6) is 0 Å². The first-order valence-corrected chi connectivity index (χ1v) is 8.58. The molecule has 2 aromatic carbocycles. The molecule has 0 atom stereocenters. The van der Waals surface area contributed by atoms with Crippen molar-refractivity contribution in [1.82, 2.24) is 9.47 Å². The first-order chi connectivity index (χ1) is 13.0. The number of fused-ring (bicyclic) bond motifs is 1. The zero-order valence-corrected chi connectivity index (χ0v) is 14.9. The number of hydrogen-bond donors (Lipinski definition) is 0. The normalized spacial score (nSPS) is 10.6. The average molecular weight is 363 g/mol. The van der Waals surface area contributed by atoms with Gasteiger partial charge in [-0.25, -0.2) is 4.39 Å². The van der Waals surface area contributed by atoms with Crippen molar-refractivity contribution in [2.45, 2.75) is 20.0 Å². The van der Waals surface area contributed by atoms with Gasteiger partial charge in [0.25, 0.3) is 0 Å². The van der Waals surface area contributed by atoms with Crippen molar-refractivity contribution in [3.8, 4) is 6.07 Å². The van der Waals surface area contributed by atoms with E-state index in [-0.39, 0.29) is 35.8 Å². The molecule has 27 heavy (non-hydrogen) atoms. The van der Waals surface area contributed by atoms with Gasteiger partial charge in [0, 0.05) is 24.7 Å². The molecule has 0 saturated heterocycles. The van der Waals surface area contributed by atoms with Gasteiger partial charge >= 0.3 is 0 Å². The Morgan fingerprint density at radius 2 is 2.00 bits per heavy atom. The number of carbonyl (C=O) groups is 1. The van der Waals surface area contributed by atoms with Gasteiger partial charge in [0.2, 0.25) is 11.3 Å². The zero-order valence-electron chi connectivity index (χ0n) is 14.9. The average Bonchev–Trinajstić information content (AvgIpc) is 2.68. The number of nitriles is 1. The smallest absolute Gasteiger partial charge is 0.242 e. The van der Waals surface area contributed by atoms with Gasteiger partial charge in [-0.15, -0.1) is 0 Å². The van der Waals surface area contributed by atoms with E-state index in [0.29, 0.717) is 23.0 Å². The Bertz CT molecular complexity index is 1100. The fourth-order valence-corrected chi connectivity index (χ4v) is 3.03. The van der Waals surface area contributed by atoms with E-state index in [9.17, 15) is 19.2 Å². The van der Waals surface area contributed by atoms with Crippen molar-refractivity contribution in [3.05, 3.63) is 81.9 Å². The van der Waals surface area contributed by atoms with Crippen molar-refractivity contribution in [2.75, 3.05) is 6.54 Å². The summed E-state index contributed by atoms with van der Waals surface area (Å²) in [4.78, 5) is 26.7. The van der Waals surface area contributed by atoms with Crippen molar-refractivity contribution in [2.24, 2.45) is 0 Å². The zero-order chi connectivity index (χ0) is 19.4. The molecular weight excluding hydrogens is 345 g/mol. The molecule has 0 radical (unpaired) electrons. The van der Waals surface area contributed by atoms with Crippen LogP contribution in [0, 0.1) is 17.1 Å². The summed E-state index contributed by atoms with van der Waals surface area (Å²) < 4.78 is 15.0. The lowest BCUT2D eigenvalue weighted by molar-refractivity contribution is -0.132. The number of halogens is 1. The van der Waals surface area contributed by atoms with Crippen LogP contribution in [0.4, 0.5) is 4.39 Å². The molecule has 0 aliphatic heterocycles. The summed E-state index contributed by atoms with van der Waals surface area (Å²) in [6, 6.07) is 14.9. The Balaban J connectivity index is 1.92. The van der Waals surface area contributed by atoms with Crippen LogP contribution in [0.1, 0.15) is 18.1 Å². The minimum atomic E-state index is -0.346. The van der Waals surface area contributed by atoms with Gasteiger partial charge in [-0.1, -0.05) is 24.3 Å². The van der Waals surface area contributed by atoms with Crippen LogP contribution in [0.25, 0.3) is 10.9 Å². The van der Waals surface area contributed by atoms with E-state index in [2.05, 4.69) is 0 Å². The van der Waals surface area contributed by atoms with Crippen molar-refractivity contribution in [3.63, 3.8) is 0 Å². The third-order valence-corrected chi connectivity index (χ3v) is 4.41. The third-order valence-electron chi connectivity index (χ3n) is 4.41. The number of aromatic nitrogens is 1. The maximum Gasteiger partial charge on any atom is 0.242 e. The van der Waals surface area contributed by atoms with E-state index in [1.165, 1.54) is 18.3 Å². The van der Waals surface area contributed by atoms with E-state index in [4.69, 9.17) is 0 Å². The summed E-state index contributed by atoms with van der Waals surface area (Å²) >= 11 is 0. The number of hydrogen-bond acceptors (Lipinski definition) is 3. The van der Waals surface area contributed by atoms with Gasteiger partial charge in [-0.3, -0.25) is 9.59 Å². The molecule has 6 heteroatoms. The molecule has 3 aromatic rings. The molecular formula is C21H18FN3O2. The molecule has 136 valence electrons. The van der Waals surface area contributed by atoms with Crippen LogP contribution >= 0.6 is 0 Å². The van der Waals surface area contributed by atoms with Gasteiger partial charge in [0.15, 0.2) is 0 Å². The Morgan fingerprint density at radius 1 is 1.22 bits per heavy atom. The summed E-state index contributed by atoms with van der Waals surface area (Å²) in [6.45, 7) is 2.58. The molecule has 1 amide bonds. The van der Waals surface area contributed by atoms with Crippen LogP contribution in [0.15, 0.2) is 59.5 Å². The highest BCUT2D eigenvalue weighted by Gasteiger charge is 2.16. The summed E-state index contributed by atoms with van der Waals surface area (Å²) in [5, 5.41) is 9.62. The molecule has 0 bridgehead atoms. The first-order valence-electron chi connectivity index (χ1n) is 8.58. The van der Waals surface area contributed by atoms with E-state index in [1.54, 1.807) is 45.9 Å². The monoisotopic (exact) mass is 363 g/mol. The lowest BCUT2D eigenvalue weighted by atomic mass is 10.1. The SMILES string of the molecule is CCN(Cc1cccc(F)c1)C(=O)Cn1cc(C#N)c(=O)c2ccccc21. The van der Waals surface area contributed by atoms with Crippen molar-refractivity contribution in [1.29, 1.82) is 5.26 Å². The Hall–Kier alpha value is -3.46. The Morgan fingerprint density at radius 3 is 2.70 bits per heavy atom. The number of pyridine rings is 1. The lowest BCUT2D eigenvalue weighted by Gasteiger charge is -2.22. The first kappa shape index (κ1) is 18.3. The molecule has 3 rings (SSSR count). The van der Waals surface area contributed by atoms with E-state index in [1.807, 2.05) is 13.0 Å². The third kappa shape index (κ3) is 3.87. The molecule has 0 saturated carbocycles. The van der Waals surface area contributed by atoms with Gasteiger partial charge in [-0.2, -0.15) is 5.26 Å². The van der Waals surface area contributed by atoms with Gasteiger partial charge in [-0.05, 0) is 36.8 Å². The quantitative estimate of drug-likeness (QED) is 0.700. The largest absolute Gasteiger partial charge is 0.337 e. The molecule has 0 spiro atoms. The number of carbonyl (C=O) groups excluding carboxylic acids is 1. The van der Waals surface area contributed by atoms with E-state index >= 15 is 0 Å². The van der Waals surface area contributed by atoms with Crippen molar-refractivity contribution < 1.29 is 9.18 Å². The minimum absolute atomic E-state index is 0.00493. The number of rotatable bonds is 5. The van der Waals surface area contributed by atoms with E-state index in [0.717, 1.165) is 0 Å². The number of amides is 1. The summed E-state index contributed by atoms with van der Waals surface area (Å²) in [6.07, 6.45) is 1.42. The Kier molecular flexibility index (Phi) is 5.32. The molecule has 1 aromatic heterocycles. The molecule has 0 unspecified atom stereocenters. The highest BCUT2D eigenvalue weighted by molar-refractivity contribution is 5.83. The van der Waals surface area contributed by atoms with Crippen LogP contribution in [0.2, 0.25) is 0 Å². The highest BCUT2D eigenvalue weighted by Crippen LogP contribution is 2.13. The predicted octanol–water partition coefficient (Wildman–Crippen LogP) is 3.06. The van der Waals surface area contributed by atoms with Crippen LogP contribution < -0.4 is 5.43 Å². The summed E-state index contributed by atoms with van der Waals surface area (Å²) in [5.41, 5.74) is 0.947. The summed E-state index contributed by atoms with van der Waals surface area (Å²) in [7, 11) is 0. The predicted molar refractivity (Wildman–Crippen MR) is 100 cm³/mol. The molecule has 0 N–H and O–H groups in total. The molecule has 0 aliphatic rings. The summed E-state index contributed by atoms with van der Waals surface area (Å²) in [5.74, 6) is -0.527. The highest BCUT2D eigenvalue weighted by atomic mass is 19.1. The molecule has 1 heterocycles. The van der Waals surface area contributed by atoms with Gasteiger partial charge in [0.05, 0.1) is 5.52 Å². The maximum absolute atomic E-state index is 13.4. The topological polar surface area (TPSA) is 66.1 Å². The van der Waals surface area contributed by atoms with Gasteiger partial charge in [0.1, 0.15) is 24.0 Å². The van der Waals surface area contributed by atoms with Crippen LogP contribution in [0.3, 0.4) is 0 Å². The number of benzene rings is 2. The van der Waals surface area contributed by atoms with E-state index < -0.39 is 0 Å². The number of para-hydroxylation sites is 1. The second-order valence-corrected chi connectivity index (χ2v) is 6.17. The Labute approximate surface area is 155 Å². The fourth-order valence-electron chi connectivity index (χ4n) is 3.03. The molecule has 0 fully saturated rings. The second kappa shape index (κ2) is 7.83.